The highest BCUT2D eigenvalue weighted by Crippen LogP contribution is 2.23. The van der Waals surface area contributed by atoms with E-state index in [1.807, 2.05) is 0 Å². The third-order valence-corrected chi connectivity index (χ3v) is 4.04. The Hall–Kier alpha value is -2.49. The van der Waals surface area contributed by atoms with Gasteiger partial charge < -0.3 is 25.0 Å². The molecule has 0 spiro atoms. The number of hydrogen-bond donors (Lipinski definition) is 2. The van der Waals surface area contributed by atoms with Crippen LogP contribution < -0.4 is 15.4 Å². The van der Waals surface area contributed by atoms with E-state index in [2.05, 4.69) is 15.4 Å². The highest BCUT2D eigenvalue weighted by atomic mass is 19.4. The molecule has 156 valence electrons. The average molecular weight is 403 g/mol. The quantitative estimate of drug-likeness (QED) is 0.695. The molecule has 1 saturated heterocycles. The first-order chi connectivity index (χ1) is 13.2. The fourth-order valence-electron chi connectivity index (χ4n) is 2.63. The number of carbonyl (C=O) groups is 2. The van der Waals surface area contributed by atoms with E-state index < -0.39 is 6.36 Å². The maximum atomic E-state index is 12.1. The zero-order valence-corrected chi connectivity index (χ0v) is 15.6. The number of nitrogens with one attached hydrogen (secondary N) is 2. The number of ether oxygens (including phenoxy) is 2. The summed E-state index contributed by atoms with van der Waals surface area (Å²) in [4.78, 5) is 25.7. The average Bonchev–Trinajstić information content (AvgIpc) is 2.65. The van der Waals surface area contributed by atoms with E-state index in [1.165, 1.54) is 24.3 Å². The second-order valence-electron chi connectivity index (χ2n) is 6.41. The summed E-state index contributed by atoms with van der Waals surface area (Å²) in [5.74, 6) is -0.598. The summed E-state index contributed by atoms with van der Waals surface area (Å²) in [6.45, 7) is 4.30. The number of carbonyl (C=O) groups excluding carboxylic acids is 2. The molecule has 10 heteroatoms. The van der Waals surface area contributed by atoms with E-state index in [4.69, 9.17) is 4.74 Å². The minimum atomic E-state index is -4.73. The molecule has 2 amide bonds. The van der Waals surface area contributed by atoms with Crippen molar-refractivity contribution in [2.24, 2.45) is 0 Å². The molecule has 1 fully saturated rings. The lowest BCUT2D eigenvalue weighted by atomic mass is 10.2. The van der Waals surface area contributed by atoms with Gasteiger partial charge in [0.05, 0.1) is 13.2 Å². The van der Waals surface area contributed by atoms with Gasteiger partial charge >= 0.3 is 6.36 Å². The molecular formula is C18H24F3N3O4. The molecule has 7 nitrogen and oxygen atoms in total. The van der Waals surface area contributed by atoms with Crippen LogP contribution in [0.25, 0.3) is 0 Å². The Labute approximate surface area is 161 Å². The zero-order chi connectivity index (χ0) is 20.6. The summed E-state index contributed by atoms with van der Waals surface area (Å²) in [7, 11) is 0. The first-order valence-electron chi connectivity index (χ1n) is 8.97. The van der Waals surface area contributed by atoms with Gasteiger partial charge in [-0.05, 0) is 31.2 Å². The van der Waals surface area contributed by atoms with Crippen molar-refractivity contribution in [3.8, 4) is 5.75 Å². The molecule has 2 rings (SSSR count). The number of alkyl halides is 3. The molecule has 1 aliphatic rings. The van der Waals surface area contributed by atoms with Crippen molar-refractivity contribution in [3.63, 3.8) is 0 Å². The molecule has 1 unspecified atom stereocenters. The highest BCUT2D eigenvalue weighted by Gasteiger charge is 2.30. The van der Waals surface area contributed by atoms with Crippen LogP contribution in [-0.4, -0.2) is 62.0 Å². The van der Waals surface area contributed by atoms with Crippen molar-refractivity contribution in [2.75, 3.05) is 38.2 Å². The van der Waals surface area contributed by atoms with Gasteiger partial charge in [0.15, 0.2) is 0 Å². The minimum absolute atomic E-state index is 0.0645. The Kier molecular flexibility index (Phi) is 7.91. The van der Waals surface area contributed by atoms with Gasteiger partial charge in [0.2, 0.25) is 11.8 Å². The number of halogens is 3. The van der Waals surface area contributed by atoms with E-state index in [9.17, 15) is 22.8 Å². The topological polar surface area (TPSA) is 79.9 Å². The number of rotatable bonds is 8. The number of nitrogens with zero attached hydrogens (tertiary/aromatic N) is 1. The molecule has 0 bridgehead atoms. The van der Waals surface area contributed by atoms with Gasteiger partial charge in [-0.25, -0.2) is 0 Å². The normalized spacial score (nSPS) is 15.6. The number of anilines is 1. The predicted molar refractivity (Wildman–Crippen MR) is 95.9 cm³/mol. The van der Waals surface area contributed by atoms with E-state index in [0.29, 0.717) is 38.5 Å². The van der Waals surface area contributed by atoms with Crippen molar-refractivity contribution in [2.45, 2.75) is 32.2 Å². The molecule has 28 heavy (non-hydrogen) atoms. The van der Waals surface area contributed by atoms with Gasteiger partial charge in [-0.1, -0.05) is 0 Å². The van der Waals surface area contributed by atoms with E-state index in [0.717, 1.165) is 0 Å². The Bertz CT molecular complexity index is 646. The van der Waals surface area contributed by atoms with Crippen LogP contribution in [0.15, 0.2) is 24.3 Å². The first kappa shape index (κ1) is 21.8. The lowest BCUT2D eigenvalue weighted by Gasteiger charge is -2.26. The molecule has 0 radical (unpaired) electrons. The third kappa shape index (κ3) is 8.03. The van der Waals surface area contributed by atoms with Crippen LogP contribution in [0.1, 0.15) is 19.8 Å². The highest BCUT2D eigenvalue weighted by molar-refractivity contribution is 5.84. The van der Waals surface area contributed by atoms with Gasteiger partial charge in [0, 0.05) is 44.2 Å². The summed E-state index contributed by atoms with van der Waals surface area (Å²) in [5, 5.41) is 5.80. The Morgan fingerprint density at radius 1 is 1.18 bits per heavy atom. The van der Waals surface area contributed by atoms with Crippen LogP contribution in [-0.2, 0) is 14.3 Å². The summed E-state index contributed by atoms with van der Waals surface area (Å²) in [5.41, 5.74) is 0.595. The summed E-state index contributed by atoms with van der Waals surface area (Å²) in [6.07, 6.45) is -4.48. The third-order valence-electron chi connectivity index (χ3n) is 4.04. The second-order valence-corrected chi connectivity index (χ2v) is 6.41. The lowest BCUT2D eigenvalue weighted by molar-refractivity contribution is -0.274. The molecule has 0 saturated carbocycles. The standard InChI is InChI=1S/C18H24F3N3O4/c1-13(12-22-14-2-4-15(5-3-14)28-18(19,20)21)23-16(25)6-7-17(26)24-8-10-27-11-9-24/h2-5,13,22H,6-12H2,1H3,(H,23,25). The van der Waals surface area contributed by atoms with Crippen molar-refractivity contribution >= 4 is 17.5 Å². The maximum absolute atomic E-state index is 12.1. The van der Waals surface area contributed by atoms with E-state index >= 15 is 0 Å². The molecule has 1 heterocycles. The van der Waals surface area contributed by atoms with Gasteiger partial charge in [-0.2, -0.15) is 0 Å². The lowest BCUT2D eigenvalue weighted by Crippen LogP contribution is -2.42. The van der Waals surface area contributed by atoms with Crippen molar-refractivity contribution in [3.05, 3.63) is 24.3 Å². The zero-order valence-electron chi connectivity index (χ0n) is 15.6. The fraction of sp³-hybridized carbons (Fsp3) is 0.556. The van der Waals surface area contributed by atoms with Crippen LogP contribution >= 0.6 is 0 Å². The Morgan fingerprint density at radius 3 is 2.43 bits per heavy atom. The molecule has 1 atom stereocenters. The monoisotopic (exact) mass is 403 g/mol. The molecule has 1 aromatic carbocycles. The van der Waals surface area contributed by atoms with Gasteiger partial charge in [-0.15, -0.1) is 13.2 Å². The minimum Gasteiger partial charge on any atom is -0.406 e. The fourth-order valence-corrected chi connectivity index (χ4v) is 2.63. The first-order valence-corrected chi connectivity index (χ1v) is 8.97. The predicted octanol–water partition coefficient (Wildman–Crippen LogP) is 2.14. The second kappa shape index (κ2) is 10.2. The number of hydrogen-bond acceptors (Lipinski definition) is 5. The molecular weight excluding hydrogens is 379 g/mol. The number of amides is 2. The Morgan fingerprint density at radius 2 is 1.82 bits per heavy atom. The molecule has 2 N–H and O–H groups in total. The molecule has 1 aliphatic heterocycles. The largest absolute Gasteiger partial charge is 0.573 e. The van der Waals surface area contributed by atoms with Crippen LogP contribution in [0.4, 0.5) is 18.9 Å². The van der Waals surface area contributed by atoms with Crippen LogP contribution in [0, 0.1) is 0 Å². The molecule has 0 aromatic heterocycles. The summed E-state index contributed by atoms with van der Waals surface area (Å²) >= 11 is 0. The number of benzene rings is 1. The van der Waals surface area contributed by atoms with Crippen molar-refractivity contribution < 1.29 is 32.2 Å². The summed E-state index contributed by atoms with van der Waals surface area (Å²) < 4.78 is 45.4. The summed E-state index contributed by atoms with van der Waals surface area (Å²) in [6, 6.07) is 5.09. The Balaban J connectivity index is 1.66. The maximum Gasteiger partial charge on any atom is 0.573 e. The van der Waals surface area contributed by atoms with E-state index in [-0.39, 0.29) is 36.4 Å². The SMILES string of the molecule is CC(CNc1ccc(OC(F)(F)F)cc1)NC(=O)CCC(=O)N1CCOCC1. The van der Waals surface area contributed by atoms with Crippen LogP contribution in [0.2, 0.25) is 0 Å². The van der Waals surface area contributed by atoms with E-state index in [1.54, 1.807) is 11.8 Å². The van der Waals surface area contributed by atoms with Gasteiger partial charge in [-0.3, -0.25) is 9.59 Å². The number of morpholine rings is 1. The van der Waals surface area contributed by atoms with Gasteiger partial charge in [0.25, 0.3) is 0 Å². The van der Waals surface area contributed by atoms with Gasteiger partial charge in [0.1, 0.15) is 5.75 Å². The smallest absolute Gasteiger partial charge is 0.406 e. The van der Waals surface area contributed by atoms with Crippen LogP contribution in [0.3, 0.4) is 0 Å². The van der Waals surface area contributed by atoms with Crippen molar-refractivity contribution in [1.82, 2.24) is 10.2 Å². The molecule has 0 aliphatic carbocycles. The molecule has 1 aromatic rings. The van der Waals surface area contributed by atoms with Crippen molar-refractivity contribution in [1.29, 1.82) is 0 Å². The van der Waals surface area contributed by atoms with Crippen LogP contribution in [0.5, 0.6) is 5.75 Å².